The number of thiophene rings is 1. The molecule has 0 aliphatic rings. The summed E-state index contributed by atoms with van der Waals surface area (Å²) < 4.78 is 26.7. The van der Waals surface area contributed by atoms with E-state index in [-0.39, 0.29) is 20.5 Å². The lowest BCUT2D eigenvalue weighted by Gasteiger charge is -2.09. The van der Waals surface area contributed by atoms with Crippen molar-refractivity contribution in [1.82, 2.24) is 0 Å². The predicted octanol–water partition coefficient (Wildman–Crippen LogP) is 3.21. The molecule has 5 nitrogen and oxygen atoms in total. The van der Waals surface area contributed by atoms with Crippen molar-refractivity contribution in [2.24, 2.45) is 0 Å². The Balaban J connectivity index is 2.41. The van der Waals surface area contributed by atoms with Gasteiger partial charge in [-0.05, 0) is 36.1 Å². The summed E-state index contributed by atoms with van der Waals surface area (Å²) in [6.07, 6.45) is 0. The highest BCUT2D eigenvalue weighted by Gasteiger charge is 2.21. The highest BCUT2D eigenvalue weighted by molar-refractivity contribution is 7.92. The topological polar surface area (TPSA) is 83.5 Å². The molecule has 0 amide bonds. The predicted molar refractivity (Wildman–Crippen MR) is 78.3 cm³/mol. The zero-order chi connectivity index (χ0) is 14.9. The van der Waals surface area contributed by atoms with Crippen molar-refractivity contribution in [3.05, 3.63) is 45.1 Å². The molecule has 0 unspecified atom stereocenters. The largest absolute Gasteiger partial charge is 0.477 e. The summed E-state index contributed by atoms with van der Waals surface area (Å²) in [5.74, 6) is -1.19. The summed E-state index contributed by atoms with van der Waals surface area (Å²) in [7, 11) is -3.93. The third-order valence-electron chi connectivity index (χ3n) is 2.48. The molecular weight excluding hydrogens is 322 g/mol. The van der Waals surface area contributed by atoms with E-state index in [0.717, 1.165) is 16.9 Å². The van der Waals surface area contributed by atoms with Crippen LogP contribution >= 0.6 is 22.9 Å². The Bertz CT molecular complexity index is 768. The van der Waals surface area contributed by atoms with Crippen LogP contribution in [0.5, 0.6) is 0 Å². The summed E-state index contributed by atoms with van der Waals surface area (Å²) in [5, 5.41) is 10.5. The summed E-state index contributed by atoms with van der Waals surface area (Å²) in [6, 6.07) is 5.93. The molecule has 0 aliphatic carbocycles. The SMILES string of the molecule is Cc1ccc(S(=O)(=O)Nc2ccsc2C(=O)O)c(Cl)c1. The van der Waals surface area contributed by atoms with E-state index in [4.69, 9.17) is 16.7 Å². The lowest BCUT2D eigenvalue weighted by Crippen LogP contribution is -2.14. The van der Waals surface area contributed by atoms with Gasteiger partial charge in [-0.1, -0.05) is 17.7 Å². The number of sulfonamides is 1. The van der Waals surface area contributed by atoms with Crippen molar-refractivity contribution >= 4 is 44.6 Å². The number of anilines is 1. The molecule has 0 fully saturated rings. The fraction of sp³-hybridized carbons (Fsp3) is 0.0833. The van der Waals surface area contributed by atoms with Gasteiger partial charge >= 0.3 is 5.97 Å². The average Bonchev–Trinajstić information content (AvgIpc) is 2.75. The van der Waals surface area contributed by atoms with E-state index in [0.29, 0.717) is 0 Å². The normalized spacial score (nSPS) is 11.3. The van der Waals surface area contributed by atoms with Crippen molar-refractivity contribution in [2.75, 3.05) is 4.72 Å². The fourth-order valence-electron chi connectivity index (χ4n) is 1.58. The number of carboxylic acid groups (broad SMARTS) is 1. The highest BCUT2D eigenvalue weighted by atomic mass is 35.5. The number of halogens is 1. The Morgan fingerprint density at radius 3 is 2.65 bits per heavy atom. The minimum atomic E-state index is -3.93. The van der Waals surface area contributed by atoms with Gasteiger partial charge in [-0.3, -0.25) is 4.72 Å². The summed E-state index contributed by atoms with van der Waals surface area (Å²) >= 11 is 6.86. The van der Waals surface area contributed by atoms with Crippen LogP contribution in [0.15, 0.2) is 34.5 Å². The minimum absolute atomic E-state index is 0.0270. The van der Waals surface area contributed by atoms with Crippen molar-refractivity contribution in [3.8, 4) is 0 Å². The number of nitrogens with one attached hydrogen (secondary N) is 1. The van der Waals surface area contributed by atoms with Gasteiger partial charge in [0.1, 0.15) is 9.77 Å². The van der Waals surface area contributed by atoms with E-state index in [1.807, 2.05) is 0 Å². The van der Waals surface area contributed by atoms with Crippen molar-refractivity contribution < 1.29 is 18.3 Å². The maximum Gasteiger partial charge on any atom is 0.348 e. The zero-order valence-corrected chi connectivity index (χ0v) is 12.6. The van der Waals surface area contributed by atoms with Gasteiger partial charge in [0.05, 0.1) is 10.7 Å². The van der Waals surface area contributed by atoms with Crippen LogP contribution in [0.2, 0.25) is 5.02 Å². The molecule has 2 rings (SSSR count). The third-order valence-corrected chi connectivity index (χ3v) is 5.23. The fourth-order valence-corrected chi connectivity index (χ4v) is 4.00. The second-order valence-corrected chi connectivity index (χ2v) is 6.98. The van der Waals surface area contributed by atoms with Crippen LogP contribution in [0.3, 0.4) is 0 Å². The number of hydrogen-bond donors (Lipinski definition) is 2. The number of hydrogen-bond acceptors (Lipinski definition) is 4. The van der Waals surface area contributed by atoms with Gasteiger partial charge in [-0.25, -0.2) is 13.2 Å². The van der Waals surface area contributed by atoms with E-state index >= 15 is 0 Å². The van der Waals surface area contributed by atoms with Crippen LogP contribution in [-0.4, -0.2) is 19.5 Å². The first kappa shape index (κ1) is 14.8. The van der Waals surface area contributed by atoms with Crippen LogP contribution < -0.4 is 4.72 Å². The monoisotopic (exact) mass is 331 g/mol. The molecular formula is C12H10ClNO4S2. The molecule has 0 bridgehead atoms. The lowest BCUT2D eigenvalue weighted by molar-refractivity contribution is 0.0703. The van der Waals surface area contributed by atoms with Gasteiger partial charge in [0.25, 0.3) is 10.0 Å². The molecule has 2 N–H and O–H groups in total. The summed E-state index contributed by atoms with van der Waals surface area (Å²) in [4.78, 5) is 10.8. The van der Waals surface area contributed by atoms with Crippen LogP contribution in [0.4, 0.5) is 5.69 Å². The first-order valence-electron chi connectivity index (χ1n) is 5.41. The zero-order valence-electron chi connectivity index (χ0n) is 10.3. The van der Waals surface area contributed by atoms with Crippen molar-refractivity contribution in [3.63, 3.8) is 0 Å². The van der Waals surface area contributed by atoms with Crippen LogP contribution in [0, 0.1) is 6.92 Å². The molecule has 0 spiro atoms. The summed E-state index contributed by atoms with van der Waals surface area (Å²) in [5.41, 5.74) is 0.856. The molecule has 2 aromatic rings. The molecule has 0 saturated carbocycles. The number of aromatic carboxylic acids is 1. The molecule has 8 heteroatoms. The van der Waals surface area contributed by atoms with Gasteiger partial charge in [0, 0.05) is 0 Å². The number of benzene rings is 1. The van der Waals surface area contributed by atoms with E-state index in [1.165, 1.54) is 23.6 Å². The molecule has 106 valence electrons. The molecule has 0 saturated heterocycles. The quantitative estimate of drug-likeness (QED) is 0.901. The standard InChI is InChI=1S/C12H10ClNO4S2/c1-7-2-3-10(8(13)6-7)20(17,18)14-9-4-5-19-11(9)12(15)16/h2-6,14H,1H3,(H,15,16). The van der Waals surface area contributed by atoms with E-state index < -0.39 is 16.0 Å². The molecule has 0 radical (unpaired) electrons. The van der Waals surface area contributed by atoms with Crippen molar-refractivity contribution in [1.29, 1.82) is 0 Å². The Hall–Kier alpha value is -1.57. The first-order valence-corrected chi connectivity index (χ1v) is 8.15. The highest BCUT2D eigenvalue weighted by Crippen LogP contribution is 2.28. The maximum atomic E-state index is 12.2. The molecule has 1 aromatic heterocycles. The van der Waals surface area contributed by atoms with Crippen LogP contribution in [0.1, 0.15) is 15.2 Å². The van der Waals surface area contributed by atoms with E-state index in [2.05, 4.69) is 4.72 Å². The Labute approximate surface area is 124 Å². The smallest absolute Gasteiger partial charge is 0.348 e. The first-order chi connectivity index (χ1) is 9.31. The van der Waals surface area contributed by atoms with Crippen LogP contribution in [0.25, 0.3) is 0 Å². The molecule has 0 aliphatic heterocycles. The molecule has 1 aromatic carbocycles. The van der Waals surface area contributed by atoms with Gasteiger partial charge in [-0.15, -0.1) is 11.3 Å². The molecule has 1 heterocycles. The van der Waals surface area contributed by atoms with Crippen LogP contribution in [-0.2, 0) is 10.0 Å². The number of carbonyl (C=O) groups is 1. The second-order valence-electron chi connectivity index (χ2n) is 4.01. The van der Waals surface area contributed by atoms with Gasteiger partial charge in [-0.2, -0.15) is 0 Å². The van der Waals surface area contributed by atoms with E-state index in [1.54, 1.807) is 13.0 Å². The Morgan fingerprint density at radius 2 is 2.05 bits per heavy atom. The second kappa shape index (κ2) is 5.43. The van der Waals surface area contributed by atoms with E-state index in [9.17, 15) is 13.2 Å². The molecule has 20 heavy (non-hydrogen) atoms. The number of carboxylic acids is 1. The lowest BCUT2D eigenvalue weighted by atomic mass is 10.2. The Kier molecular flexibility index (Phi) is 4.03. The van der Waals surface area contributed by atoms with Gasteiger partial charge in [0.15, 0.2) is 0 Å². The maximum absolute atomic E-state index is 12.2. The summed E-state index contributed by atoms with van der Waals surface area (Å²) in [6.45, 7) is 1.79. The van der Waals surface area contributed by atoms with Gasteiger partial charge in [0.2, 0.25) is 0 Å². The minimum Gasteiger partial charge on any atom is -0.477 e. The average molecular weight is 332 g/mol. The Morgan fingerprint density at radius 1 is 1.35 bits per heavy atom. The van der Waals surface area contributed by atoms with Gasteiger partial charge < -0.3 is 5.11 Å². The number of aryl methyl sites for hydroxylation is 1. The third kappa shape index (κ3) is 2.95. The number of rotatable bonds is 4. The molecule has 0 atom stereocenters. The van der Waals surface area contributed by atoms with Crippen molar-refractivity contribution in [2.45, 2.75) is 11.8 Å².